The molecule has 3 nitrogen and oxygen atoms in total. The van der Waals surface area contributed by atoms with Crippen LogP contribution in [0.15, 0.2) is 48.5 Å². The van der Waals surface area contributed by atoms with Crippen molar-refractivity contribution in [2.45, 2.75) is 35.1 Å². The molecule has 4 rings (SSSR count). The molecule has 0 spiro atoms. The summed E-state index contributed by atoms with van der Waals surface area (Å²) in [6.07, 6.45) is -0.472. The van der Waals surface area contributed by atoms with Gasteiger partial charge in [0.1, 0.15) is 11.9 Å². The van der Waals surface area contributed by atoms with Crippen molar-refractivity contribution in [2.75, 3.05) is 6.61 Å². The van der Waals surface area contributed by atoms with Crippen LogP contribution < -0.4 is 0 Å². The number of ether oxygens (including phenoxy) is 1. The van der Waals surface area contributed by atoms with E-state index in [2.05, 4.69) is 40.8 Å². The Bertz CT molecular complexity index is 911. The van der Waals surface area contributed by atoms with Crippen molar-refractivity contribution < 1.29 is 19.3 Å². The molecule has 1 aliphatic heterocycles. The number of halogens is 2. The topological polar surface area (TPSA) is 49.7 Å². The number of aliphatic hydroxyl groups excluding tert-OH is 2. The van der Waals surface area contributed by atoms with Gasteiger partial charge in [0.2, 0.25) is 0 Å². The van der Waals surface area contributed by atoms with Crippen LogP contribution in [0.4, 0.5) is 4.39 Å². The monoisotopic (exact) mass is 498 g/mol. The molecule has 1 aromatic heterocycles. The third-order valence-electron chi connectivity index (χ3n) is 4.97. The van der Waals surface area contributed by atoms with E-state index >= 15 is 0 Å². The van der Waals surface area contributed by atoms with Gasteiger partial charge in [0.15, 0.2) is 0 Å². The Balaban J connectivity index is 1.61. The third-order valence-corrected chi connectivity index (χ3v) is 7.24. The molecule has 1 saturated heterocycles. The number of fused-ring (bicyclic) bond motifs is 1. The molecule has 0 saturated carbocycles. The first-order valence-corrected chi connectivity index (χ1v) is 11.0. The lowest BCUT2D eigenvalue weighted by Crippen LogP contribution is -2.42. The molecule has 142 valence electrons. The molecule has 1 fully saturated rings. The predicted octanol–water partition coefficient (Wildman–Crippen LogP) is 4.62. The number of thiophene rings is 1. The lowest BCUT2D eigenvalue weighted by Gasteiger charge is -2.37. The molecule has 4 atom stereocenters. The van der Waals surface area contributed by atoms with Crippen molar-refractivity contribution in [3.63, 3.8) is 0 Å². The standard InChI is InChI=1S/C21H20FIO3S/c22-16-6-5-13(21-17(23)10-18(25)19(11-24)26-21)7-14(16)9-15-8-12-3-1-2-4-20(12)27-15/h1-8,17-19,21,24-25H,9-11H2. The summed E-state index contributed by atoms with van der Waals surface area (Å²) in [5, 5.41) is 20.6. The second-order valence-electron chi connectivity index (χ2n) is 6.87. The minimum absolute atomic E-state index is 0.0584. The highest BCUT2D eigenvalue weighted by atomic mass is 127. The van der Waals surface area contributed by atoms with Crippen LogP contribution in [0.3, 0.4) is 0 Å². The van der Waals surface area contributed by atoms with Crippen molar-refractivity contribution in [3.05, 3.63) is 70.4 Å². The van der Waals surface area contributed by atoms with E-state index in [1.54, 1.807) is 17.4 Å². The van der Waals surface area contributed by atoms with E-state index in [0.717, 1.165) is 10.4 Å². The van der Waals surface area contributed by atoms with Gasteiger partial charge in [0, 0.05) is 19.9 Å². The fraction of sp³-hybridized carbons (Fsp3) is 0.333. The van der Waals surface area contributed by atoms with Crippen molar-refractivity contribution in [2.24, 2.45) is 0 Å². The summed E-state index contributed by atoms with van der Waals surface area (Å²) >= 11 is 3.94. The summed E-state index contributed by atoms with van der Waals surface area (Å²) in [6, 6.07) is 15.4. The Morgan fingerprint density at radius 1 is 1.19 bits per heavy atom. The lowest BCUT2D eigenvalue weighted by atomic mass is 9.94. The molecule has 2 N–H and O–H groups in total. The van der Waals surface area contributed by atoms with Gasteiger partial charge in [0.05, 0.1) is 18.8 Å². The second-order valence-corrected chi connectivity index (χ2v) is 9.64. The van der Waals surface area contributed by atoms with Crippen LogP contribution in [-0.2, 0) is 11.2 Å². The zero-order valence-corrected chi connectivity index (χ0v) is 17.5. The van der Waals surface area contributed by atoms with Crippen LogP contribution in [0.5, 0.6) is 0 Å². The molecule has 2 heterocycles. The molecule has 0 radical (unpaired) electrons. The summed E-state index contributed by atoms with van der Waals surface area (Å²) in [4.78, 5) is 1.12. The molecular weight excluding hydrogens is 478 g/mol. The number of hydrogen-bond acceptors (Lipinski definition) is 4. The van der Waals surface area contributed by atoms with E-state index in [4.69, 9.17) is 4.74 Å². The van der Waals surface area contributed by atoms with E-state index < -0.39 is 12.2 Å². The normalized spacial score (nSPS) is 25.8. The molecule has 4 unspecified atom stereocenters. The summed E-state index contributed by atoms with van der Waals surface area (Å²) in [7, 11) is 0. The van der Waals surface area contributed by atoms with Gasteiger partial charge in [-0.2, -0.15) is 0 Å². The van der Waals surface area contributed by atoms with Crippen molar-refractivity contribution >= 4 is 44.0 Å². The van der Waals surface area contributed by atoms with Crippen LogP contribution >= 0.6 is 33.9 Å². The Morgan fingerprint density at radius 2 is 2.00 bits per heavy atom. The zero-order chi connectivity index (χ0) is 19.0. The molecule has 6 heteroatoms. The summed E-state index contributed by atoms with van der Waals surface area (Å²) in [5.41, 5.74) is 1.52. The van der Waals surface area contributed by atoms with E-state index in [0.29, 0.717) is 18.4 Å². The van der Waals surface area contributed by atoms with Crippen molar-refractivity contribution in [1.82, 2.24) is 0 Å². The largest absolute Gasteiger partial charge is 0.394 e. The molecule has 0 bridgehead atoms. The Labute approximate surface area is 174 Å². The van der Waals surface area contributed by atoms with Gasteiger partial charge < -0.3 is 14.9 Å². The van der Waals surface area contributed by atoms with Gasteiger partial charge in [-0.05, 0) is 47.2 Å². The average Bonchev–Trinajstić information content (AvgIpc) is 3.06. The SMILES string of the molecule is OCC1OC(c2ccc(F)c(Cc3cc4ccccc4s3)c2)C(I)CC1O. The maximum absolute atomic E-state index is 14.5. The van der Waals surface area contributed by atoms with Crippen LogP contribution in [0, 0.1) is 5.82 Å². The number of aliphatic hydroxyl groups is 2. The van der Waals surface area contributed by atoms with Crippen molar-refractivity contribution in [3.8, 4) is 0 Å². The fourth-order valence-electron chi connectivity index (χ4n) is 3.54. The predicted molar refractivity (Wildman–Crippen MR) is 114 cm³/mol. The molecule has 3 aromatic rings. The number of hydrogen-bond donors (Lipinski definition) is 2. The smallest absolute Gasteiger partial charge is 0.126 e. The quantitative estimate of drug-likeness (QED) is 0.408. The van der Waals surface area contributed by atoms with Crippen LogP contribution in [0.25, 0.3) is 10.1 Å². The minimum atomic E-state index is -0.674. The Morgan fingerprint density at radius 3 is 2.78 bits per heavy atom. The first-order chi connectivity index (χ1) is 13.0. The van der Waals surface area contributed by atoms with E-state index in [-0.39, 0.29) is 22.5 Å². The fourth-order valence-corrected chi connectivity index (χ4v) is 5.73. The molecule has 0 aliphatic carbocycles. The van der Waals surface area contributed by atoms with Gasteiger partial charge in [0.25, 0.3) is 0 Å². The van der Waals surface area contributed by atoms with Gasteiger partial charge >= 0.3 is 0 Å². The second kappa shape index (κ2) is 8.13. The summed E-state index contributed by atoms with van der Waals surface area (Å²) in [5.74, 6) is -0.226. The highest BCUT2D eigenvalue weighted by Gasteiger charge is 2.36. The molecule has 1 aliphatic rings. The van der Waals surface area contributed by atoms with Gasteiger partial charge in [-0.3, -0.25) is 0 Å². The summed E-state index contributed by atoms with van der Waals surface area (Å²) < 4.78 is 21.6. The van der Waals surface area contributed by atoms with Crippen LogP contribution in [0.1, 0.15) is 28.5 Å². The van der Waals surface area contributed by atoms with Crippen LogP contribution in [-0.4, -0.2) is 33.0 Å². The molecule has 27 heavy (non-hydrogen) atoms. The highest BCUT2D eigenvalue weighted by molar-refractivity contribution is 14.1. The van der Waals surface area contributed by atoms with Gasteiger partial charge in [-0.15, -0.1) is 11.3 Å². The maximum Gasteiger partial charge on any atom is 0.126 e. The number of alkyl halides is 1. The van der Waals surface area contributed by atoms with Crippen LogP contribution in [0.2, 0.25) is 0 Å². The lowest BCUT2D eigenvalue weighted by molar-refractivity contribution is -0.129. The van der Waals surface area contributed by atoms with Gasteiger partial charge in [-0.25, -0.2) is 4.39 Å². The van der Waals surface area contributed by atoms with E-state index in [1.807, 2.05) is 18.2 Å². The summed E-state index contributed by atoms with van der Waals surface area (Å²) in [6.45, 7) is -0.225. The first kappa shape index (κ1) is 19.3. The van der Waals surface area contributed by atoms with Gasteiger partial charge in [-0.1, -0.05) is 46.9 Å². The first-order valence-electron chi connectivity index (χ1n) is 8.89. The molecular formula is C21H20FIO3S. The average molecular weight is 498 g/mol. The highest BCUT2D eigenvalue weighted by Crippen LogP contribution is 2.37. The molecule has 0 amide bonds. The number of rotatable bonds is 4. The third kappa shape index (κ3) is 4.05. The maximum atomic E-state index is 14.5. The zero-order valence-electron chi connectivity index (χ0n) is 14.5. The molecule has 2 aromatic carbocycles. The Hall–Kier alpha value is -1.06. The number of benzene rings is 2. The Kier molecular flexibility index (Phi) is 5.80. The minimum Gasteiger partial charge on any atom is -0.394 e. The van der Waals surface area contributed by atoms with E-state index in [9.17, 15) is 14.6 Å². The van der Waals surface area contributed by atoms with E-state index in [1.165, 1.54) is 16.2 Å². The van der Waals surface area contributed by atoms with Crippen molar-refractivity contribution in [1.29, 1.82) is 0 Å².